The fourth-order valence-corrected chi connectivity index (χ4v) is 2.84. The number of nitrogens with one attached hydrogen (secondary N) is 2. The first-order valence-corrected chi connectivity index (χ1v) is 8.03. The van der Waals surface area contributed by atoms with Gasteiger partial charge < -0.3 is 10.2 Å². The van der Waals surface area contributed by atoms with Crippen LogP contribution < -0.4 is 10.8 Å². The summed E-state index contributed by atoms with van der Waals surface area (Å²) >= 11 is 0. The van der Waals surface area contributed by atoms with Gasteiger partial charge in [-0.3, -0.25) is 14.2 Å². The second-order valence-electron chi connectivity index (χ2n) is 4.93. The van der Waals surface area contributed by atoms with Crippen molar-refractivity contribution in [2.75, 3.05) is 26.7 Å². The van der Waals surface area contributed by atoms with Crippen molar-refractivity contribution in [2.24, 2.45) is 0 Å². The molecule has 2 aliphatic heterocycles. The Morgan fingerprint density at radius 1 is 1.45 bits per heavy atom. The zero-order valence-electron chi connectivity index (χ0n) is 11.9. The third-order valence-electron chi connectivity index (χ3n) is 3.43. The monoisotopic (exact) mass is 338 g/mol. The van der Waals surface area contributed by atoms with Crippen molar-refractivity contribution in [3.63, 3.8) is 0 Å². The highest BCUT2D eigenvalue weighted by atomic mass is 32.3. The number of carbonyl (C=O) groups excluding carboxylic acids is 2. The number of hydrogen-bond donors (Lipinski definition) is 3. The van der Waals surface area contributed by atoms with Gasteiger partial charge in [-0.05, 0) is 19.9 Å². The van der Waals surface area contributed by atoms with Crippen molar-refractivity contribution in [2.45, 2.75) is 24.9 Å². The molecule has 1 unspecified atom stereocenters. The zero-order chi connectivity index (χ0) is 16.3. The van der Waals surface area contributed by atoms with Gasteiger partial charge in [-0.15, -0.1) is 4.28 Å². The maximum absolute atomic E-state index is 12.1. The van der Waals surface area contributed by atoms with E-state index >= 15 is 0 Å². The first kappa shape index (κ1) is 16.9. The summed E-state index contributed by atoms with van der Waals surface area (Å²) in [6.07, 6.45) is 0.704. The van der Waals surface area contributed by atoms with E-state index in [2.05, 4.69) is 15.1 Å². The molecule has 2 fully saturated rings. The van der Waals surface area contributed by atoms with Crippen LogP contribution in [0.3, 0.4) is 0 Å². The summed E-state index contributed by atoms with van der Waals surface area (Å²) < 4.78 is 34.5. The average Bonchev–Trinajstić information content (AvgIpc) is 2.67. The Kier molecular flexibility index (Phi) is 5.18. The van der Waals surface area contributed by atoms with Crippen LogP contribution in [0.25, 0.3) is 0 Å². The molecule has 0 aromatic carbocycles. The van der Waals surface area contributed by atoms with Crippen LogP contribution in [0, 0.1) is 0 Å². The molecule has 22 heavy (non-hydrogen) atoms. The molecule has 2 aliphatic rings. The quantitative estimate of drug-likeness (QED) is 0.282. The zero-order valence-corrected chi connectivity index (χ0v) is 12.7. The molecule has 126 valence electrons. The second kappa shape index (κ2) is 6.75. The van der Waals surface area contributed by atoms with E-state index in [0.717, 1.165) is 0 Å². The minimum Gasteiger partial charge on any atom is -0.317 e. The third-order valence-corrected chi connectivity index (χ3v) is 3.78. The molecule has 0 spiro atoms. The number of hydrogen-bond acceptors (Lipinski definition) is 7. The van der Waals surface area contributed by atoms with E-state index in [1.54, 1.807) is 7.05 Å². The largest absolute Gasteiger partial charge is 0.418 e. The number of likely N-dealkylation sites (N-methyl/N-ethyl adjacent to an activating group) is 1. The van der Waals surface area contributed by atoms with Gasteiger partial charge in [0.2, 0.25) is 0 Å². The minimum atomic E-state index is -4.79. The normalized spacial score (nSPS) is 24.7. The van der Waals surface area contributed by atoms with Crippen LogP contribution in [0.1, 0.15) is 12.8 Å². The molecule has 12 heteroatoms. The number of hydroxylamine groups is 3. The van der Waals surface area contributed by atoms with Crippen LogP contribution in [0.5, 0.6) is 0 Å². The van der Waals surface area contributed by atoms with Gasteiger partial charge in [0.05, 0.1) is 12.6 Å². The molecule has 0 radical (unpaired) electrons. The van der Waals surface area contributed by atoms with Crippen LogP contribution in [-0.4, -0.2) is 73.7 Å². The van der Waals surface area contributed by atoms with E-state index in [1.807, 2.05) is 0 Å². The van der Waals surface area contributed by atoms with E-state index in [0.29, 0.717) is 24.4 Å². The van der Waals surface area contributed by atoms with Crippen molar-refractivity contribution in [1.29, 1.82) is 0 Å². The van der Waals surface area contributed by atoms with Gasteiger partial charge >= 0.3 is 16.4 Å². The maximum atomic E-state index is 12.1. The van der Waals surface area contributed by atoms with Crippen molar-refractivity contribution in [1.82, 2.24) is 20.8 Å². The number of fused-ring (bicyclic) bond motifs is 2. The smallest absolute Gasteiger partial charge is 0.317 e. The molecular weight excluding hydrogens is 320 g/mol. The van der Waals surface area contributed by atoms with E-state index in [-0.39, 0.29) is 13.2 Å². The lowest BCUT2D eigenvalue weighted by Crippen LogP contribution is -2.50. The van der Waals surface area contributed by atoms with Gasteiger partial charge in [0.25, 0.3) is 5.91 Å². The molecule has 3 N–H and O–H groups in total. The van der Waals surface area contributed by atoms with E-state index in [9.17, 15) is 18.0 Å². The fourth-order valence-electron chi connectivity index (χ4n) is 2.45. The summed E-state index contributed by atoms with van der Waals surface area (Å²) in [6, 6.07) is -2.08. The topological polar surface area (TPSA) is 138 Å². The summed E-state index contributed by atoms with van der Waals surface area (Å²) in [5.74, 6) is -0.489. The Labute approximate surface area is 127 Å². The summed E-state index contributed by atoms with van der Waals surface area (Å²) in [5.41, 5.74) is 2.25. The molecular formula is C10H18N4O7S. The van der Waals surface area contributed by atoms with Crippen LogP contribution in [-0.2, 0) is 24.3 Å². The number of nitrogens with zero attached hydrogens (tertiary/aromatic N) is 2. The molecule has 0 aliphatic carbocycles. The molecule has 3 amide bonds. The van der Waals surface area contributed by atoms with Crippen molar-refractivity contribution >= 4 is 22.3 Å². The summed E-state index contributed by atoms with van der Waals surface area (Å²) in [4.78, 5) is 30.2. The maximum Gasteiger partial charge on any atom is 0.418 e. The van der Waals surface area contributed by atoms with Gasteiger partial charge in [0.1, 0.15) is 6.04 Å². The molecule has 0 saturated carbocycles. The van der Waals surface area contributed by atoms with Crippen molar-refractivity contribution in [3.05, 3.63) is 0 Å². The number of amides is 3. The Morgan fingerprint density at radius 3 is 2.82 bits per heavy atom. The van der Waals surface area contributed by atoms with Crippen LogP contribution in [0.2, 0.25) is 0 Å². The second-order valence-corrected chi connectivity index (χ2v) is 5.93. The summed E-state index contributed by atoms with van der Waals surface area (Å²) in [7, 11) is -3.06. The van der Waals surface area contributed by atoms with Gasteiger partial charge in [0, 0.05) is 13.1 Å². The van der Waals surface area contributed by atoms with E-state index in [1.165, 1.54) is 4.90 Å². The Bertz CT molecular complexity index is 539. The lowest BCUT2D eigenvalue weighted by atomic mass is 10.0. The molecule has 2 rings (SSSR count). The predicted molar refractivity (Wildman–Crippen MR) is 71.4 cm³/mol. The standard InChI is InChI=1S/C10H18N4O7S/c1-11-4-5-20-12-9(15)8-3-2-7-6-13(8)10(16)14(7)21-22(17,18)19/h7-8,11H,2-6H2,1H3,(H,12,15)(H,17,18,19)/t7?,8-/m0/s1. The first-order valence-electron chi connectivity index (χ1n) is 6.66. The Balaban J connectivity index is 1.95. The highest BCUT2D eigenvalue weighted by Gasteiger charge is 2.49. The molecule has 2 atom stereocenters. The third kappa shape index (κ3) is 3.84. The van der Waals surface area contributed by atoms with Gasteiger partial charge in [0.15, 0.2) is 0 Å². The van der Waals surface area contributed by atoms with Crippen LogP contribution in [0.4, 0.5) is 4.79 Å². The van der Waals surface area contributed by atoms with Crippen molar-refractivity contribution < 1.29 is 31.7 Å². The predicted octanol–water partition coefficient (Wildman–Crippen LogP) is -1.74. The van der Waals surface area contributed by atoms with Gasteiger partial charge in [-0.2, -0.15) is 13.5 Å². The highest BCUT2D eigenvalue weighted by Crippen LogP contribution is 2.30. The average molecular weight is 338 g/mol. The lowest BCUT2D eigenvalue weighted by molar-refractivity contribution is -0.138. The fraction of sp³-hybridized carbons (Fsp3) is 0.800. The van der Waals surface area contributed by atoms with Gasteiger partial charge in [-0.25, -0.2) is 10.3 Å². The van der Waals surface area contributed by atoms with Crippen LogP contribution >= 0.6 is 0 Å². The van der Waals surface area contributed by atoms with Crippen LogP contribution in [0.15, 0.2) is 0 Å². The lowest BCUT2D eigenvalue weighted by Gasteiger charge is -2.28. The Morgan fingerprint density at radius 2 is 2.18 bits per heavy atom. The molecule has 2 saturated heterocycles. The van der Waals surface area contributed by atoms with Gasteiger partial charge in [-0.1, -0.05) is 0 Å². The first-order chi connectivity index (χ1) is 10.3. The molecule has 11 nitrogen and oxygen atoms in total. The van der Waals surface area contributed by atoms with E-state index < -0.39 is 34.4 Å². The summed E-state index contributed by atoms with van der Waals surface area (Å²) in [5, 5.41) is 3.43. The molecule has 2 heterocycles. The molecule has 2 bridgehead atoms. The van der Waals surface area contributed by atoms with Crippen molar-refractivity contribution in [3.8, 4) is 0 Å². The minimum absolute atomic E-state index is 0.142. The highest BCUT2D eigenvalue weighted by molar-refractivity contribution is 7.80. The number of rotatable bonds is 7. The number of urea groups is 1. The Hall–Kier alpha value is -1.47. The number of piperidine rings is 1. The summed E-state index contributed by atoms with van der Waals surface area (Å²) in [6.45, 7) is 0.956. The molecule has 0 aromatic heterocycles. The molecule has 0 aromatic rings. The van der Waals surface area contributed by atoms with E-state index in [4.69, 9.17) is 9.39 Å². The number of carbonyl (C=O) groups is 2. The SMILES string of the molecule is CNCCONC(=O)[C@@H]1CCC2CN1C(=O)N2OS(=O)(=O)O.